The van der Waals surface area contributed by atoms with Gasteiger partial charge in [0.15, 0.2) is 0 Å². The molecule has 0 aromatic carbocycles. The van der Waals surface area contributed by atoms with Crippen LogP contribution in [0.15, 0.2) is 0 Å². The van der Waals surface area contributed by atoms with Crippen LogP contribution < -0.4 is 5.32 Å². The van der Waals surface area contributed by atoms with E-state index in [0.717, 1.165) is 51.9 Å². The number of hydrogen-bond donors (Lipinski definition) is 1. The van der Waals surface area contributed by atoms with Gasteiger partial charge in [0, 0.05) is 25.6 Å². The summed E-state index contributed by atoms with van der Waals surface area (Å²) in [5.41, 5.74) is 0. The van der Waals surface area contributed by atoms with Crippen molar-refractivity contribution in [1.29, 1.82) is 0 Å². The molecule has 0 radical (unpaired) electrons. The second kappa shape index (κ2) is 7.25. The Hall–Kier alpha value is -0.610. The zero-order valence-electron chi connectivity index (χ0n) is 12.4. The highest BCUT2D eigenvalue weighted by atomic mass is 16.5. The smallest absolute Gasteiger partial charge is 0.223 e. The van der Waals surface area contributed by atoms with Gasteiger partial charge in [0.25, 0.3) is 0 Å². The van der Waals surface area contributed by atoms with Crippen LogP contribution in [0.3, 0.4) is 0 Å². The monoisotopic (exact) mass is 268 g/mol. The number of piperidine rings is 1. The molecule has 0 unspecified atom stereocenters. The normalized spacial score (nSPS) is 25.9. The summed E-state index contributed by atoms with van der Waals surface area (Å²) in [6, 6.07) is 0. The maximum atomic E-state index is 12.1. The van der Waals surface area contributed by atoms with Gasteiger partial charge in [-0.2, -0.15) is 0 Å². The molecular formula is C15H28N2O2. The Morgan fingerprint density at radius 2 is 2.05 bits per heavy atom. The number of nitrogens with zero attached hydrogens (tertiary/aromatic N) is 1. The van der Waals surface area contributed by atoms with Crippen molar-refractivity contribution in [2.75, 3.05) is 32.8 Å². The summed E-state index contributed by atoms with van der Waals surface area (Å²) in [6.07, 6.45) is 4.49. The third kappa shape index (κ3) is 4.77. The number of likely N-dealkylation sites (tertiary alicyclic amines) is 1. The Bertz CT molecular complexity index is 280. The van der Waals surface area contributed by atoms with E-state index in [1.807, 2.05) is 0 Å². The van der Waals surface area contributed by atoms with Gasteiger partial charge < -0.3 is 15.0 Å². The highest BCUT2D eigenvalue weighted by Gasteiger charge is 2.26. The maximum Gasteiger partial charge on any atom is 0.223 e. The maximum absolute atomic E-state index is 12.1. The first-order valence-corrected chi connectivity index (χ1v) is 7.77. The van der Waals surface area contributed by atoms with Crippen LogP contribution in [-0.2, 0) is 9.53 Å². The van der Waals surface area contributed by atoms with E-state index in [1.54, 1.807) is 0 Å². The summed E-state index contributed by atoms with van der Waals surface area (Å²) in [4.78, 5) is 14.6. The standard InChI is InChI=1S/C15H28N2O2/c1-12(2)11-17-7-5-13(6-8-17)15(18)16-10-14-4-3-9-19-14/h12-14H,3-11H2,1-2H3,(H,16,18)/t14-/m0/s1. The number of amides is 1. The van der Waals surface area contributed by atoms with Crippen molar-refractivity contribution in [3.63, 3.8) is 0 Å². The van der Waals surface area contributed by atoms with Crippen LogP contribution in [0.4, 0.5) is 0 Å². The fourth-order valence-electron chi connectivity index (χ4n) is 3.06. The van der Waals surface area contributed by atoms with Crippen molar-refractivity contribution >= 4 is 5.91 Å². The molecule has 0 aromatic heterocycles. The zero-order valence-corrected chi connectivity index (χ0v) is 12.4. The molecule has 2 heterocycles. The molecule has 110 valence electrons. The molecule has 4 nitrogen and oxygen atoms in total. The Balaban J connectivity index is 1.64. The summed E-state index contributed by atoms with van der Waals surface area (Å²) in [6.45, 7) is 9.34. The average molecular weight is 268 g/mol. The third-order valence-electron chi connectivity index (χ3n) is 4.11. The van der Waals surface area contributed by atoms with Crippen LogP contribution in [0.2, 0.25) is 0 Å². The van der Waals surface area contributed by atoms with Crippen molar-refractivity contribution in [3.8, 4) is 0 Å². The molecule has 2 rings (SSSR count). The van der Waals surface area contributed by atoms with Gasteiger partial charge in [-0.15, -0.1) is 0 Å². The zero-order chi connectivity index (χ0) is 13.7. The number of carbonyl (C=O) groups excluding carboxylic acids is 1. The van der Waals surface area contributed by atoms with Crippen molar-refractivity contribution in [1.82, 2.24) is 10.2 Å². The van der Waals surface area contributed by atoms with E-state index < -0.39 is 0 Å². The van der Waals surface area contributed by atoms with Crippen molar-refractivity contribution in [2.45, 2.75) is 45.6 Å². The Labute approximate surface area is 116 Å². The molecule has 19 heavy (non-hydrogen) atoms. The lowest BCUT2D eigenvalue weighted by Gasteiger charge is -2.32. The molecule has 4 heteroatoms. The molecule has 2 fully saturated rings. The fourth-order valence-corrected chi connectivity index (χ4v) is 3.06. The number of hydrogen-bond acceptors (Lipinski definition) is 3. The average Bonchev–Trinajstić information content (AvgIpc) is 2.89. The van der Waals surface area contributed by atoms with E-state index in [4.69, 9.17) is 4.74 Å². The number of nitrogens with one attached hydrogen (secondary N) is 1. The van der Waals surface area contributed by atoms with Crippen LogP contribution >= 0.6 is 0 Å². The van der Waals surface area contributed by atoms with E-state index >= 15 is 0 Å². The second-order valence-electron chi connectivity index (χ2n) is 6.35. The van der Waals surface area contributed by atoms with Gasteiger partial charge in [-0.05, 0) is 44.7 Å². The minimum absolute atomic E-state index is 0.213. The lowest BCUT2D eigenvalue weighted by Crippen LogP contribution is -2.43. The second-order valence-corrected chi connectivity index (χ2v) is 6.35. The van der Waals surface area contributed by atoms with Gasteiger partial charge in [-0.25, -0.2) is 0 Å². The summed E-state index contributed by atoms with van der Waals surface area (Å²) < 4.78 is 5.53. The van der Waals surface area contributed by atoms with E-state index in [1.165, 1.54) is 0 Å². The third-order valence-corrected chi connectivity index (χ3v) is 4.11. The summed E-state index contributed by atoms with van der Waals surface area (Å²) in [5.74, 6) is 1.16. The van der Waals surface area contributed by atoms with Crippen molar-refractivity contribution in [2.24, 2.45) is 11.8 Å². The molecule has 2 saturated heterocycles. The Kier molecular flexibility index (Phi) is 5.64. The molecule has 1 amide bonds. The van der Waals surface area contributed by atoms with Gasteiger partial charge in [-0.3, -0.25) is 4.79 Å². The van der Waals surface area contributed by atoms with Gasteiger partial charge in [0.2, 0.25) is 5.91 Å². The van der Waals surface area contributed by atoms with Crippen molar-refractivity contribution in [3.05, 3.63) is 0 Å². The molecule has 0 spiro atoms. The first-order chi connectivity index (χ1) is 9.15. The lowest BCUT2D eigenvalue weighted by atomic mass is 9.95. The minimum atomic E-state index is 0.213. The van der Waals surface area contributed by atoms with E-state index in [2.05, 4.69) is 24.1 Å². The molecule has 2 aliphatic heterocycles. The molecule has 0 aromatic rings. The van der Waals surface area contributed by atoms with Gasteiger partial charge in [0.1, 0.15) is 0 Å². The molecule has 1 N–H and O–H groups in total. The van der Waals surface area contributed by atoms with E-state index in [9.17, 15) is 4.79 Å². The first kappa shape index (κ1) is 14.8. The Morgan fingerprint density at radius 3 is 2.63 bits per heavy atom. The van der Waals surface area contributed by atoms with Crippen LogP contribution in [-0.4, -0.2) is 49.7 Å². The van der Waals surface area contributed by atoms with Gasteiger partial charge in [0.05, 0.1) is 6.10 Å². The molecule has 1 atom stereocenters. The predicted molar refractivity (Wildman–Crippen MR) is 76.0 cm³/mol. The number of rotatable bonds is 5. The SMILES string of the molecule is CC(C)CN1CCC(C(=O)NC[C@@H]2CCCO2)CC1. The summed E-state index contributed by atoms with van der Waals surface area (Å²) in [5, 5.41) is 3.07. The van der Waals surface area contributed by atoms with Crippen LogP contribution in [0.5, 0.6) is 0 Å². The quantitative estimate of drug-likeness (QED) is 0.824. The summed E-state index contributed by atoms with van der Waals surface area (Å²) in [7, 11) is 0. The first-order valence-electron chi connectivity index (χ1n) is 7.77. The van der Waals surface area contributed by atoms with Crippen LogP contribution in [0, 0.1) is 11.8 Å². The summed E-state index contributed by atoms with van der Waals surface area (Å²) >= 11 is 0. The topological polar surface area (TPSA) is 41.6 Å². The van der Waals surface area contributed by atoms with E-state index in [-0.39, 0.29) is 17.9 Å². The number of carbonyl (C=O) groups is 1. The minimum Gasteiger partial charge on any atom is -0.376 e. The number of ether oxygens (including phenoxy) is 1. The van der Waals surface area contributed by atoms with Crippen molar-refractivity contribution < 1.29 is 9.53 Å². The van der Waals surface area contributed by atoms with Crippen LogP contribution in [0.25, 0.3) is 0 Å². The highest BCUT2D eigenvalue weighted by molar-refractivity contribution is 5.78. The molecular weight excluding hydrogens is 240 g/mol. The highest BCUT2D eigenvalue weighted by Crippen LogP contribution is 2.18. The molecule has 0 aliphatic carbocycles. The van der Waals surface area contributed by atoms with Gasteiger partial charge >= 0.3 is 0 Å². The predicted octanol–water partition coefficient (Wildman–Crippen LogP) is 1.65. The van der Waals surface area contributed by atoms with Gasteiger partial charge in [-0.1, -0.05) is 13.8 Å². The largest absolute Gasteiger partial charge is 0.376 e. The van der Waals surface area contributed by atoms with Crippen LogP contribution in [0.1, 0.15) is 39.5 Å². The molecule has 2 aliphatic rings. The molecule has 0 bridgehead atoms. The molecule has 0 saturated carbocycles. The Morgan fingerprint density at radius 1 is 1.32 bits per heavy atom. The lowest BCUT2D eigenvalue weighted by molar-refractivity contribution is -0.127. The van der Waals surface area contributed by atoms with E-state index in [0.29, 0.717) is 12.5 Å². The fraction of sp³-hybridized carbons (Fsp3) is 0.933.